The summed E-state index contributed by atoms with van der Waals surface area (Å²) in [6.07, 6.45) is 33.8. The van der Waals surface area contributed by atoms with Crippen molar-refractivity contribution < 1.29 is 9.59 Å². The fourth-order valence-corrected chi connectivity index (χ4v) is 11.3. The minimum Gasteiger partial charge on any atom is -0.306 e. The van der Waals surface area contributed by atoms with Crippen molar-refractivity contribution >= 4 is 77.7 Å². The summed E-state index contributed by atoms with van der Waals surface area (Å²) < 4.78 is 2.05. The predicted octanol–water partition coefficient (Wildman–Crippen LogP) is 17.4. The van der Waals surface area contributed by atoms with Crippen molar-refractivity contribution in [2.24, 2.45) is 11.8 Å². The van der Waals surface area contributed by atoms with Crippen molar-refractivity contribution in [1.82, 2.24) is 9.80 Å². The van der Waals surface area contributed by atoms with Gasteiger partial charge in [-0.05, 0) is 107 Å². The van der Waals surface area contributed by atoms with E-state index in [0.29, 0.717) is 36.1 Å². The Bertz CT molecular complexity index is 1460. The molecule has 0 radical (unpaired) electrons. The Hall–Kier alpha value is -1.48. The largest absolute Gasteiger partial charge is 0.306 e. The molecule has 2 aromatic rings. The number of rotatable bonds is 30. The number of unbranched alkanes of at least 4 members (excludes halogenated alkanes) is 16. The lowest BCUT2D eigenvalue weighted by Gasteiger charge is -2.29. The number of carbonyl (C=O) groups excluding carboxylic acids is 2. The predicted molar refractivity (Wildman–Crippen MR) is 262 cm³/mol. The lowest BCUT2D eigenvalue weighted by Crippen LogP contribution is -2.34. The highest BCUT2D eigenvalue weighted by Crippen LogP contribution is 2.50. The molecule has 0 N–H and O–H groups in total. The second-order valence-electron chi connectivity index (χ2n) is 16.7. The second kappa shape index (κ2) is 29.7. The Morgan fingerprint density at radius 1 is 0.483 bits per heavy atom. The highest BCUT2D eigenvalue weighted by molar-refractivity contribution is 9.11. The number of hydrogen-bond acceptors (Lipinski definition) is 4. The van der Waals surface area contributed by atoms with Gasteiger partial charge in [-0.3, -0.25) is 9.59 Å². The molecule has 2 aliphatic rings. The minimum absolute atomic E-state index is 0.0248. The van der Waals surface area contributed by atoms with Crippen molar-refractivity contribution in [3.8, 4) is 0 Å². The van der Waals surface area contributed by atoms with Crippen molar-refractivity contribution in [2.75, 3.05) is 13.1 Å². The molecular weight excluding hydrogens is 885 g/mol. The Balaban J connectivity index is 0.00000215. The molecule has 2 aliphatic heterocycles. The molecular formula is C50H78Br2N2O2S2. The van der Waals surface area contributed by atoms with E-state index in [1.165, 1.54) is 128 Å². The molecule has 4 rings (SSSR count). The maximum absolute atomic E-state index is 15.1. The molecule has 58 heavy (non-hydrogen) atoms. The van der Waals surface area contributed by atoms with Gasteiger partial charge in [0.25, 0.3) is 11.8 Å². The molecule has 4 heterocycles. The van der Waals surface area contributed by atoms with Crippen LogP contribution < -0.4 is 0 Å². The third-order valence-corrected chi connectivity index (χ3v) is 15.1. The number of allylic oxidation sites excluding steroid dienone is 2. The van der Waals surface area contributed by atoms with E-state index in [0.717, 1.165) is 54.4 Å². The number of thiophene rings is 2. The number of amides is 2. The normalized spacial score (nSPS) is 15.3. The van der Waals surface area contributed by atoms with E-state index in [1.54, 1.807) is 22.7 Å². The summed E-state index contributed by atoms with van der Waals surface area (Å²) in [6, 6.07) is 8.35. The van der Waals surface area contributed by atoms with Crippen LogP contribution in [-0.4, -0.2) is 34.7 Å². The maximum Gasteiger partial charge on any atom is 0.261 e. The maximum atomic E-state index is 15.1. The molecule has 0 aromatic carbocycles. The first kappa shape index (κ1) is 50.9. The molecule has 326 valence electrons. The lowest BCUT2D eigenvalue weighted by molar-refractivity contribution is -0.124. The average Bonchev–Trinajstić information content (AvgIpc) is 3.98. The van der Waals surface area contributed by atoms with E-state index >= 15 is 9.59 Å². The molecule has 0 fully saturated rings. The Labute approximate surface area is 380 Å². The number of nitrogens with zero attached hydrogens (tertiary/aromatic N) is 2. The van der Waals surface area contributed by atoms with Crippen LogP contribution >= 0.6 is 54.5 Å². The van der Waals surface area contributed by atoms with Crippen LogP contribution in [0.4, 0.5) is 0 Å². The van der Waals surface area contributed by atoms with Crippen LogP contribution in [0.15, 0.2) is 55.1 Å². The van der Waals surface area contributed by atoms with Gasteiger partial charge in [0.2, 0.25) is 0 Å². The van der Waals surface area contributed by atoms with Gasteiger partial charge in [-0.25, -0.2) is 0 Å². The van der Waals surface area contributed by atoms with E-state index in [9.17, 15) is 0 Å². The summed E-state index contributed by atoms with van der Waals surface area (Å²) in [4.78, 5) is 36.3. The molecule has 0 spiro atoms. The summed E-state index contributed by atoms with van der Waals surface area (Å²) in [5.41, 5.74) is 2.98. The summed E-state index contributed by atoms with van der Waals surface area (Å²) >= 11 is 10.7. The fourth-order valence-electron chi connectivity index (χ4n) is 8.46. The Kier molecular flexibility index (Phi) is 26.1. The standard InChI is InChI=1S/C46H70Br2N2O2S2.C4H8/c1-5-9-13-17-19-23-27-35(25-21-15-11-7-3)33-49-43(37-29-31-39(47)53-37)41-42(45(49)51)44(38-30-32-40(48)54-38)50(46(41)52)34-36(26-22-16-12-8-4)28-24-20-18-14-10-6-2;1-3-4-2/h29-32,35-36H,5-28,33-34H2,1-4H3;3-4H,1-2H3/b;4-3-. The number of hydrogen-bond donors (Lipinski definition) is 0. The van der Waals surface area contributed by atoms with E-state index in [4.69, 9.17) is 0 Å². The fraction of sp³-hybridized carbons (Fsp3) is 0.680. The Morgan fingerprint density at radius 3 is 1.05 bits per heavy atom. The molecule has 2 unspecified atom stereocenters. The van der Waals surface area contributed by atoms with Crippen molar-refractivity contribution in [3.05, 3.63) is 64.9 Å². The zero-order valence-electron chi connectivity index (χ0n) is 37.3. The lowest BCUT2D eigenvalue weighted by atomic mass is 9.93. The van der Waals surface area contributed by atoms with Crippen LogP contribution in [-0.2, 0) is 9.59 Å². The molecule has 0 saturated heterocycles. The van der Waals surface area contributed by atoms with Gasteiger partial charge in [-0.2, -0.15) is 0 Å². The third-order valence-electron chi connectivity index (χ3n) is 11.9. The molecule has 2 atom stereocenters. The summed E-state index contributed by atoms with van der Waals surface area (Å²) in [5, 5.41) is 0. The number of fused-ring (bicyclic) bond motifs is 1. The topological polar surface area (TPSA) is 40.6 Å². The van der Waals surface area contributed by atoms with Crippen molar-refractivity contribution in [2.45, 2.75) is 196 Å². The molecule has 8 heteroatoms. The SMILES string of the molecule is C/C=C\C.CCCCCCCCC(CCCCCC)CN1C(=O)C2=C(c3ccc(Br)s3)N(CC(CCCCCC)CCCCCCCC)C(=O)C2=C1c1ccc(Br)s1. The van der Waals surface area contributed by atoms with Crippen LogP contribution in [0.2, 0.25) is 0 Å². The van der Waals surface area contributed by atoms with Gasteiger partial charge in [0.1, 0.15) is 0 Å². The first-order valence-corrected chi connectivity index (χ1v) is 26.7. The molecule has 2 aromatic heterocycles. The van der Waals surface area contributed by atoms with Gasteiger partial charge in [0, 0.05) is 13.1 Å². The van der Waals surface area contributed by atoms with Gasteiger partial charge in [0.15, 0.2) is 0 Å². The van der Waals surface area contributed by atoms with Gasteiger partial charge in [-0.15, -0.1) is 22.7 Å². The van der Waals surface area contributed by atoms with Crippen LogP contribution in [0.1, 0.15) is 205 Å². The minimum atomic E-state index is 0.0248. The molecule has 0 aliphatic carbocycles. The van der Waals surface area contributed by atoms with E-state index in [1.807, 2.05) is 35.8 Å². The highest BCUT2D eigenvalue weighted by atomic mass is 79.9. The Morgan fingerprint density at radius 2 is 0.776 bits per heavy atom. The zero-order valence-corrected chi connectivity index (χ0v) is 42.1. The van der Waals surface area contributed by atoms with Crippen LogP contribution in [0.5, 0.6) is 0 Å². The van der Waals surface area contributed by atoms with Gasteiger partial charge in [0.05, 0.1) is 39.9 Å². The van der Waals surface area contributed by atoms with E-state index in [2.05, 4.69) is 83.8 Å². The van der Waals surface area contributed by atoms with Gasteiger partial charge < -0.3 is 9.80 Å². The van der Waals surface area contributed by atoms with Crippen LogP contribution in [0, 0.1) is 11.8 Å². The summed E-state index contributed by atoms with van der Waals surface area (Å²) in [5.74, 6) is 0.894. The first-order valence-electron chi connectivity index (χ1n) is 23.5. The zero-order chi connectivity index (χ0) is 42.1. The monoisotopic (exact) mass is 960 g/mol. The molecule has 2 amide bonds. The van der Waals surface area contributed by atoms with Crippen LogP contribution in [0.3, 0.4) is 0 Å². The number of carbonyl (C=O) groups is 2. The van der Waals surface area contributed by atoms with Crippen LogP contribution in [0.25, 0.3) is 11.4 Å². The first-order chi connectivity index (χ1) is 28.3. The number of halogens is 2. The average molecular weight is 963 g/mol. The highest BCUT2D eigenvalue weighted by Gasteiger charge is 2.50. The van der Waals surface area contributed by atoms with E-state index in [-0.39, 0.29) is 11.8 Å². The van der Waals surface area contributed by atoms with Gasteiger partial charge >= 0.3 is 0 Å². The second-order valence-corrected chi connectivity index (χ2v) is 21.6. The summed E-state index contributed by atoms with van der Waals surface area (Å²) in [6.45, 7) is 14.5. The van der Waals surface area contributed by atoms with Crippen molar-refractivity contribution in [3.63, 3.8) is 0 Å². The van der Waals surface area contributed by atoms with Crippen molar-refractivity contribution in [1.29, 1.82) is 0 Å². The summed E-state index contributed by atoms with van der Waals surface area (Å²) in [7, 11) is 0. The quantitative estimate of drug-likeness (QED) is 0.0578. The third kappa shape index (κ3) is 16.4. The smallest absolute Gasteiger partial charge is 0.261 e. The molecule has 0 saturated carbocycles. The van der Waals surface area contributed by atoms with E-state index < -0.39 is 0 Å². The van der Waals surface area contributed by atoms with Gasteiger partial charge in [-0.1, -0.05) is 168 Å². The molecule has 0 bridgehead atoms. The molecule has 4 nitrogen and oxygen atoms in total.